The predicted molar refractivity (Wildman–Crippen MR) is 40.7 cm³/mol. The van der Waals surface area contributed by atoms with Crippen LogP contribution in [0.25, 0.3) is 0 Å². The zero-order valence-corrected chi connectivity index (χ0v) is 7.09. The molecule has 60 valence electrons. The molecule has 10 heavy (non-hydrogen) atoms. The first-order valence-electron chi connectivity index (χ1n) is 3.53. The molecule has 2 nitrogen and oxygen atoms in total. The average Bonchev–Trinajstić information content (AvgIpc) is 1.83. The van der Waals surface area contributed by atoms with Crippen LogP contribution in [-0.2, 0) is 4.79 Å². The van der Waals surface area contributed by atoms with E-state index in [0.29, 0.717) is 0 Å². The van der Waals surface area contributed by atoms with E-state index in [1.54, 1.807) is 6.92 Å². The van der Waals surface area contributed by atoms with Gasteiger partial charge in [-0.2, -0.15) is 0 Å². The van der Waals surface area contributed by atoms with Crippen LogP contribution < -0.4 is 0 Å². The van der Waals surface area contributed by atoms with Crippen LogP contribution in [0.3, 0.4) is 0 Å². The van der Waals surface area contributed by atoms with E-state index >= 15 is 0 Å². The maximum absolute atomic E-state index is 10.2. The van der Waals surface area contributed by atoms with Gasteiger partial charge in [0.1, 0.15) is 6.29 Å². The average molecular weight is 144 g/mol. The van der Waals surface area contributed by atoms with E-state index in [-0.39, 0.29) is 11.3 Å². The van der Waals surface area contributed by atoms with E-state index in [1.807, 2.05) is 20.8 Å². The molecule has 0 amide bonds. The highest BCUT2D eigenvalue weighted by molar-refractivity contribution is 5.53. The first-order valence-corrected chi connectivity index (χ1v) is 3.53. The normalized spacial score (nSPS) is 18.1. The van der Waals surface area contributed by atoms with Gasteiger partial charge in [0, 0.05) is 5.92 Å². The van der Waals surface area contributed by atoms with E-state index in [0.717, 1.165) is 6.29 Å². The monoisotopic (exact) mass is 144 g/mol. The minimum Gasteiger partial charge on any atom is -0.392 e. The Labute approximate surface area is 62.2 Å². The van der Waals surface area contributed by atoms with Crippen LogP contribution in [-0.4, -0.2) is 17.5 Å². The molecule has 0 saturated carbocycles. The molecule has 0 fully saturated rings. The van der Waals surface area contributed by atoms with Crippen molar-refractivity contribution in [2.45, 2.75) is 33.8 Å². The lowest BCUT2D eigenvalue weighted by molar-refractivity contribution is -0.116. The molecule has 0 bridgehead atoms. The molecule has 2 atom stereocenters. The quantitative estimate of drug-likeness (QED) is 0.592. The van der Waals surface area contributed by atoms with Gasteiger partial charge in [0.2, 0.25) is 0 Å². The smallest absolute Gasteiger partial charge is 0.125 e. The fourth-order valence-electron chi connectivity index (χ4n) is 0.863. The lowest BCUT2D eigenvalue weighted by atomic mass is 9.83. The van der Waals surface area contributed by atoms with Gasteiger partial charge in [-0.25, -0.2) is 0 Å². The molecule has 0 aromatic heterocycles. The van der Waals surface area contributed by atoms with Gasteiger partial charge in [0.15, 0.2) is 0 Å². The van der Waals surface area contributed by atoms with E-state index in [1.165, 1.54) is 0 Å². The highest BCUT2D eigenvalue weighted by Gasteiger charge is 2.26. The standard InChI is InChI=1S/C8H16O2/c1-6(5-9)7(10)8(2,3)4/h5-7,10H,1-4H3. The Kier molecular flexibility index (Phi) is 3.03. The third-order valence-electron chi connectivity index (χ3n) is 1.60. The highest BCUT2D eigenvalue weighted by Crippen LogP contribution is 2.23. The van der Waals surface area contributed by atoms with Crippen LogP contribution in [0.15, 0.2) is 0 Å². The van der Waals surface area contributed by atoms with Gasteiger partial charge in [0.25, 0.3) is 0 Å². The number of aliphatic hydroxyl groups is 1. The Morgan fingerprint density at radius 3 is 1.90 bits per heavy atom. The van der Waals surface area contributed by atoms with E-state index < -0.39 is 6.10 Å². The van der Waals surface area contributed by atoms with Crippen molar-refractivity contribution in [3.63, 3.8) is 0 Å². The number of carbonyl (C=O) groups is 1. The summed E-state index contributed by atoms with van der Waals surface area (Å²) in [5, 5.41) is 9.42. The Morgan fingerprint density at radius 1 is 1.40 bits per heavy atom. The summed E-state index contributed by atoms with van der Waals surface area (Å²) in [4.78, 5) is 10.2. The van der Waals surface area contributed by atoms with Crippen molar-refractivity contribution in [2.24, 2.45) is 11.3 Å². The molecule has 0 saturated heterocycles. The number of hydrogen-bond donors (Lipinski definition) is 1. The molecular formula is C8H16O2. The topological polar surface area (TPSA) is 37.3 Å². The second-order valence-corrected chi connectivity index (χ2v) is 3.81. The van der Waals surface area contributed by atoms with E-state index in [4.69, 9.17) is 0 Å². The van der Waals surface area contributed by atoms with Crippen molar-refractivity contribution in [1.82, 2.24) is 0 Å². The molecular weight excluding hydrogens is 128 g/mol. The van der Waals surface area contributed by atoms with Crippen molar-refractivity contribution in [3.05, 3.63) is 0 Å². The van der Waals surface area contributed by atoms with Crippen LogP contribution in [0.5, 0.6) is 0 Å². The molecule has 0 heterocycles. The molecule has 0 aliphatic carbocycles. The van der Waals surface area contributed by atoms with Gasteiger partial charge in [-0.1, -0.05) is 27.7 Å². The summed E-state index contributed by atoms with van der Waals surface area (Å²) in [7, 11) is 0. The highest BCUT2D eigenvalue weighted by atomic mass is 16.3. The number of rotatable bonds is 2. The van der Waals surface area contributed by atoms with Crippen LogP contribution in [0.2, 0.25) is 0 Å². The van der Waals surface area contributed by atoms with E-state index in [2.05, 4.69) is 0 Å². The Hall–Kier alpha value is -0.370. The molecule has 0 rings (SSSR count). The van der Waals surface area contributed by atoms with Crippen LogP contribution in [0.1, 0.15) is 27.7 Å². The SMILES string of the molecule is CC(C=O)C(O)C(C)(C)C. The van der Waals surface area contributed by atoms with Gasteiger partial charge in [-0.3, -0.25) is 0 Å². The molecule has 0 spiro atoms. The van der Waals surface area contributed by atoms with Gasteiger partial charge in [0.05, 0.1) is 6.10 Å². The van der Waals surface area contributed by atoms with E-state index in [9.17, 15) is 9.90 Å². The second-order valence-electron chi connectivity index (χ2n) is 3.81. The minimum absolute atomic E-state index is 0.194. The fourth-order valence-corrected chi connectivity index (χ4v) is 0.863. The lowest BCUT2D eigenvalue weighted by Gasteiger charge is -2.27. The number of carbonyl (C=O) groups excluding carboxylic acids is 1. The molecule has 0 aromatic carbocycles. The molecule has 0 aromatic rings. The third kappa shape index (κ3) is 2.48. The maximum atomic E-state index is 10.2. The summed E-state index contributed by atoms with van der Waals surface area (Å²) in [6, 6.07) is 0. The minimum atomic E-state index is -0.537. The van der Waals surface area contributed by atoms with Crippen molar-refractivity contribution in [1.29, 1.82) is 0 Å². The largest absolute Gasteiger partial charge is 0.392 e. The van der Waals surface area contributed by atoms with Gasteiger partial charge in [-0.05, 0) is 5.41 Å². The van der Waals surface area contributed by atoms with Gasteiger partial charge in [-0.15, -0.1) is 0 Å². The molecule has 0 aliphatic rings. The molecule has 2 heteroatoms. The van der Waals surface area contributed by atoms with Crippen molar-refractivity contribution in [2.75, 3.05) is 0 Å². The van der Waals surface area contributed by atoms with Crippen molar-refractivity contribution >= 4 is 6.29 Å². The summed E-state index contributed by atoms with van der Waals surface area (Å²) in [5.41, 5.74) is -0.194. The number of aliphatic hydroxyl groups excluding tert-OH is 1. The van der Waals surface area contributed by atoms with Crippen LogP contribution in [0.4, 0.5) is 0 Å². The second kappa shape index (κ2) is 3.15. The van der Waals surface area contributed by atoms with Gasteiger partial charge < -0.3 is 9.90 Å². The zero-order valence-electron chi connectivity index (χ0n) is 7.09. The van der Waals surface area contributed by atoms with Crippen molar-refractivity contribution in [3.8, 4) is 0 Å². The lowest BCUT2D eigenvalue weighted by Crippen LogP contribution is -2.32. The van der Waals surface area contributed by atoms with Crippen LogP contribution >= 0.6 is 0 Å². The summed E-state index contributed by atoms with van der Waals surface area (Å²) in [6.07, 6.45) is 0.251. The maximum Gasteiger partial charge on any atom is 0.125 e. The Bertz CT molecular complexity index is 113. The fraction of sp³-hybridized carbons (Fsp3) is 0.875. The Balaban J connectivity index is 4.07. The first-order chi connectivity index (χ1) is 4.39. The summed E-state index contributed by atoms with van der Waals surface area (Å²) >= 11 is 0. The molecule has 1 N–H and O–H groups in total. The molecule has 2 unspecified atom stereocenters. The third-order valence-corrected chi connectivity index (χ3v) is 1.60. The number of hydrogen-bond acceptors (Lipinski definition) is 2. The molecule has 0 aliphatic heterocycles. The van der Waals surface area contributed by atoms with Gasteiger partial charge >= 0.3 is 0 Å². The van der Waals surface area contributed by atoms with Crippen molar-refractivity contribution < 1.29 is 9.90 Å². The van der Waals surface area contributed by atoms with Crippen LogP contribution in [0, 0.1) is 11.3 Å². The summed E-state index contributed by atoms with van der Waals surface area (Å²) in [6.45, 7) is 7.47. The zero-order chi connectivity index (χ0) is 8.36. The first kappa shape index (κ1) is 9.63. The summed E-state index contributed by atoms with van der Waals surface area (Å²) < 4.78 is 0. The molecule has 0 radical (unpaired) electrons. The summed E-state index contributed by atoms with van der Waals surface area (Å²) in [5.74, 6) is -0.264. The Morgan fingerprint density at radius 2 is 1.80 bits per heavy atom. The predicted octanol–water partition coefficient (Wildman–Crippen LogP) is 1.23. The number of aldehydes is 1.